The molecule has 0 N–H and O–H groups in total. The van der Waals surface area contributed by atoms with E-state index in [4.69, 9.17) is 9.47 Å². The smallest absolute Gasteiger partial charge is 0.326 e. The highest BCUT2D eigenvalue weighted by atomic mass is 79.9. The Morgan fingerprint density at radius 1 is 1.17 bits per heavy atom. The number of nitrogens with zero attached hydrogens (tertiary/aromatic N) is 1. The van der Waals surface area contributed by atoms with Crippen molar-refractivity contribution in [2.45, 2.75) is 13.5 Å². The number of amides is 2. The Hall–Kier alpha value is -2.58. The van der Waals surface area contributed by atoms with Crippen LogP contribution in [-0.4, -0.2) is 35.2 Å². The molecule has 1 saturated heterocycles. The van der Waals surface area contributed by atoms with E-state index in [1.165, 1.54) is 0 Å². The van der Waals surface area contributed by atoms with E-state index in [0.29, 0.717) is 12.4 Å². The van der Waals surface area contributed by atoms with E-state index in [9.17, 15) is 14.4 Å². The first-order valence-corrected chi connectivity index (χ1v) is 10.5. The Kier molecular flexibility index (Phi) is 7.11. The summed E-state index contributed by atoms with van der Waals surface area (Å²) in [6.07, 6.45) is 1.61. The molecule has 1 heterocycles. The molecule has 0 atom stereocenters. The van der Waals surface area contributed by atoms with E-state index in [2.05, 4.69) is 15.9 Å². The molecule has 1 aliphatic rings. The van der Waals surface area contributed by atoms with Crippen LogP contribution in [0.2, 0.25) is 0 Å². The topological polar surface area (TPSA) is 72.9 Å². The molecule has 2 aromatic carbocycles. The van der Waals surface area contributed by atoms with Gasteiger partial charge < -0.3 is 9.47 Å². The van der Waals surface area contributed by atoms with Gasteiger partial charge in [0.1, 0.15) is 18.9 Å². The number of carbonyl (C=O) groups excluding carboxylic acids is 3. The fourth-order valence-corrected chi connectivity index (χ4v) is 3.67. The highest BCUT2D eigenvalue weighted by Gasteiger charge is 2.36. The molecule has 0 bridgehead atoms. The molecule has 6 nitrogen and oxygen atoms in total. The molecule has 0 aliphatic carbocycles. The number of ether oxygens (including phenoxy) is 2. The Labute approximate surface area is 181 Å². The monoisotopic (exact) mass is 475 g/mol. The third kappa shape index (κ3) is 5.71. The summed E-state index contributed by atoms with van der Waals surface area (Å²) in [5.74, 6) is -0.471. The standard InChI is InChI=1S/C21H18BrNO5S/c1-2-27-19(24)12-23-20(25)18(29-21(23)26)11-15-4-3-5-17(10-15)28-13-14-6-8-16(22)9-7-14/h3-11H,2,12-13H2,1H3/b18-11-. The second-order valence-electron chi connectivity index (χ2n) is 6.06. The maximum atomic E-state index is 12.5. The summed E-state index contributed by atoms with van der Waals surface area (Å²) in [5, 5.41) is -0.489. The fraction of sp³-hybridized carbons (Fsp3) is 0.190. The van der Waals surface area contributed by atoms with Gasteiger partial charge >= 0.3 is 5.97 Å². The van der Waals surface area contributed by atoms with Crippen molar-refractivity contribution in [1.29, 1.82) is 0 Å². The minimum absolute atomic E-state index is 0.192. The van der Waals surface area contributed by atoms with Crippen LogP contribution in [0.5, 0.6) is 5.75 Å². The van der Waals surface area contributed by atoms with Crippen molar-refractivity contribution in [3.05, 3.63) is 69.0 Å². The highest BCUT2D eigenvalue weighted by molar-refractivity contribution is 9.10. The fourth-order valence-electron chi connectivity index (χ4n) is 2.56. The Morgan fingerprint density at radius 3 is 2.66 bits per heavy atom. The minimum atomic E-state index is -0.612. The second-order valence-corrected chi connectivity index (χ2v) is 7.97. The first-order chi connectivity index (χ1) is 14.0. The first-order valence-electron chi connectivity index (χ1n) is 8.84. The molecule has 150 valence electrons. The minimum Gasteiger partial charge on any atom is -0.489 e. The molecule has 0 unspecified atom stereocenters. The normalized spacial score (nSPS) is 15.1. The summed E-state index contributed by atoms with van der Waals surface area (Å²) in [6, 6.07) is 15.1. The molecule has 0 radical (unpaired) electrons. The van der Waals surface area contributed by atoms with E-state index < -0.39 is 17.1 Å². The van der Waals surface area contributed by atoms with Crippen LogP contribution < -0.4 is 4.74 Å². The number of benzene rings is 2. The summed E-state index contributed by atoms with van der Waals surface area (Å²) < 4.78 is 11.6. The molecule has 2 aromatic rings. The zero-order valence-electron chi connectivity index (χ0n) is 15.6. The van der Waals surface area contributed by atoms with E-state index in [-0.39, 0.29) is 18.1 Å². The van der Waals surface area contributed by atoms with Gasteiger partial charge in [-0.1, -0.05) is 40.2 Å². The lowest BCUT2D eigenvalue weighted by molar-refractivity contribution is -0.145. The van der Waals surface area contributed by atoms with Crippen LogP contribution in [0, 0.1) is 0 Å². The molecule has 8 heteroatoms. The number of imide groups is 1. The van der Waals surface area contributed by atoms with Crippen molar-refractivity contribution in [3.8, 4) is 5.75 Å². The lowest BCUT2D eigenvalue weighted by Crippen LogP contribution is -2.34. The van der Waals surface area contributed by atoms with E-state index in [1.54, 1.807) is 19.1 Å². The van der Waals surface area contributed by atoms with Crippen LogP contribution >= 0.6 is 27.7 Å². The molecule has 1 fully saturated rings. The molecule has 0 aromatic heterocycles. The highest BCUT2D eigenvalue weighted by Crippen LogP contribution is 2.32. The van der Waals surface area contributed by atoms with Gasteiger partial charge in [-0.05, 0) is 60.2 Å². The van der Waals surface area contributed by atoms with Crippen molar-refractivity contribution in [1.82, 2.24) is 4.90 Å². The van der Waals surface area contributed by atoms with Gasteiger partial charge in [0, 0.05) is 4.47 Å². The molecular formula is C21H18BrNO5S. The quantitative estimate of drug-likeness (QED) is 0.429. The number of hydrogen-bond donors (Lipinski definition) is 0. The van der Waals surface area contributed by atoms with E-state index in [1.807, 2.05) is 42.5 Å². The van der Waals surface area contributed by atoms with Gasteiger partial charge in [-0.25, -0.2) is 0 Å². The second kappa shape index (κ2) is 9.76. The maximum absolute atomic E-state index is 12.5. The molecular weight excluding hydrogens is 458 g/mol. The lowest BCUT2D eigenvalue weighted by Gasteiger charge is -2.10. The molecule has 0 spiro atoms. The predicted molar refractivity (Wildman–Crippen MR) is 114 cm³/mol. The molecule has 0 saturated carbocycles. The zero-order valence-corrected chi connectivity index (χ0v) is 18.0. The Balaban J connectivity index is 1.67. The largest absolute Gasteiger partial charge is 0.489 e. The third-order valence-electron chi connectivity index (χ3n) is 3.94. The van der Waals surface area contributed by atoms with Crippen molar-refractivity contribution >= 4 is 50.9 Å². The Bertz CT molecular complexity index is 958. The van der Waals surface area contributed by atoms with Gasteiger partial charge in [0.25, 0.3) is 11.1 Å². The van der Waals surface area contributed by atoms with Gasteiger partial charge in [0.05, 0.1) is 11.5 Å². The average Bonchev–Trinajstić information content (AvgIpc) is 2.95. The summed E-state index contributed by atoms with van der Waals surface area (Å²) >= 11 is 4.20. The molecule has 2 amide bonds. The van der Waals surface area contributed by atoms with E-state index >= 15 is 0 Å². The first kappa shape index (κ1) is 21.1. The average molecular weight is 476 g/mol. The van der Waals surface area contributed by atoms with E-state index in [0.717, 1.165) is 32.3 Å². The number of thioether (sulfide) groups is 1. The third-order valence-corrected chi connectivity index (χ3v) is 5.38. The van der Waals surface area contributed by atoms with Crippen molar-refractivity contribution in [3.63, 3.8) is 0 Å². The van der Waals surface area contributed by atoms with Gasteiger partial charge in [-0.3, -0.25) is 19.3 Å². The summed E-state index contributed by atoms with van der Waals surface area (Å²) in [7, 11) is 0. The number of halogens is 1. The van der Waals surface area contributed by atoms with Gasteiger partial charge in [0.15, 0.2) is 0 Å². The van der Waals surface area contributed by atoms with Crippen molar-refractivity contribution < 1.29 is 23.9 Å². The summed E-state index contributed by atoms with van der Waals surface area (Å²) in [5.41, 5.74) is 1.75. The molecule has 1 aliphatic heterocycles. The SMILES string of the molecule is CCOC(=O)CN1C(=O)S/C(=C\c2cccc(OCc3ccc(Br)cc3)c2)C1=O. The number of hydrogen-bond acceptors (Lipinski definition) is 6. The maximum Gasteiger partial charge on any atom is 0.326 e. The van der Waals surface area contributed by atoms with Gasteiger partial charge in [0.2, 0.25) is 0 Å². The van der Waals surface area contributed by atoms with Crippen LogP contribution in [0.15, 0.2) is 57.9 Å². The van der Waals surface area contributed by atoms with Crippen molar-refractivity contribution in [2.75, 3.05) is 13.2 Å². The number of carbonyl (C=O) groups is 3. The van der Waals surface area contributed by atoms with Crippen LogP contribution in [0.25, 0.3) is 6.08 Å². The number of rotatable bonds is 7. The predicted octanol–water partition coefficient (Wildman–Crippen LogP) is 4.63. The summed E-state index contributed by atoms with van der Waals surface area (Å²) in [6.45, 7) is 1.88. The number of esters is 1. The van der Waals surface area contributed by atoms with Gasteiger partial charge in [-0.15, -0.1) is 0 Å². The Morgan fingerprint density at radius 2 is 1.93 bits per heavy atom. The molecule has 3 rings (SSSR count). The lowest BCUT2D eigenvalue weighted by atomic mass is 10.2. The molecule has 29 heavy (non-hydrogen) atoms. The van der Waals surface area contributed by atoms with Crippen molar-refractivity contribution in [2.24, 2.45) is 0 Å². The van der Waals surface area contributed by atoms with Crippen LogP contribution in [-0.2, 0) is 20.9 Å². The van der Waals surface area contributed by atoms with Crippen LogP contribution in [0.1, 0.15) is 18.1 Å². The van der Waals surface area contributed by atoms with Crippen LogP contribution in [0.3, 0.4) is 0 Å². The van der Waals surface area contributed by atoms with Gasteiger partial charge in [-0.2, -0.15) is 0 Å². The van der Waals surface area contributed by atoms with Crippen LogP contribution in [0.4, 0.5) is 4.79 Å². The summed E-state index contributed by atoms with van der Waals surface area (Å²) in [4.78, 5) is 37.3. The zero-order chi connectivity index (χ0) is 20.8.